The van der Waals surface area contributed by atoms with E-state index >= 15 is 0 Å². The molecule has 0 saturated heterocycles. The molecule has 180 valence electrons. The van der Waals surface area contributed by atoms with Gasteiger partial charge in [0.25, 0.3) is 0 Å². The average Bonchev–Trinajstić information content (AvgIpc) is 3.18. The Morgan fingerprint density at radius 1 is 0.581 bits per heavy atom. The largest absolute Gasteiger partial charge is 0.509 e. The molecule has 0 heterocycles. The molecule has 0 bridgehead atoms. The van der Waals surface area contributed by atoms with Crippen LogP contribution in [0.15, 0.2) is 24.2 Å². The quantitative estimate of drug-likeness (QED) is 0.364. The summed E-state index contributed by atoms with van der Waals surface area (Å²) in [4.78, 5) is 0. The second-order valence-electron chi connectivity index (χ2n) is 11.3. The van der Waals surface area contributed by atoms with Crippen LogP contribution in [-0.2, 0) is 26.2 Å². The second-order valence-corrected chi connectivity index (χ2v) is 11.3. The van der Waals surface area contributed by atoms with Gasteiger partial charge in [-0.15, -0.1) is 6.58 Å². The molecule has 0 aliphatic heterocycles. The molecule has 0 radical (unpaired) electrons. The summed E-state index contributed by atoms with van der Waals surface area (Å²) in [6.07, 6.45) is 3.90. The molecule has 3 heteroatoms. The van der Waals surface area contributed by atoms with Gasteiger partial charge in [0.2, 0.25) is 0 Å². The molecule has 3 aliphatic carbocycles. The van der Waals surface area contributed by atoms with Crippen molar-refractivity contribution in [2.24, 2.45) is 65.1 Å². The molecule has 0 unspecified atom stereocenters. The molecule has 2 saturated carbocycles. The van der Waals surface area contributed by atoms with Crippen molar-refractivity contribution >= 4 is 0 Å². The first-order valence-corrected chi connectivity index (χ1v) is 12.6. The Kier molecular flexibility index (Phi) is 13.6. The van der Waals surface area contributed by atoms with Gasteiger partial charge in [-0.3, -0.25) is 0 Å². The van der Waals surface area contributed by atoms with Crippen molar-refractivity contribution in [3.63, 3.8) is 0 Å². The van der Waals surface area contributed by atoms with Crippen molar-refractivity contribution in [2.75, 3.05) is 0 Å². The van der Waals surface area contributed by atoms with Crippen LogP contribution in [0.1, 0.15) is 88.5 Å². The Labute approximate surface area is 213 Å². The average molecular weight is 512 g/mol. The van der Waals surface area contributed by atoms with E-state index in [1.807, 2.05) is 6.08 Å². The van der Waals surface area contributed by atoms with Gasteiger partial charge in [0.05, 0.1) is 0 Å². The molecular weight excluding hydrogens is 460 g/mol. The summed E-state index contributed by atoms with van der Waals surface area (Å²) in [6, 6.07) is 0. The normalized spacial score (nSPS) is 42.3. The van der Waals surface area contributed by atoms with Gasteiger partial charge < -0.3 is 10.2 Å². The SMILES string of the molecule is C=CCC1CC(O)=C(O)C1.CC1C(C)C(C)C(C)C1C.CC1C(C)C(C)C(C)C1C.[Zr]. The zero-order valence-electron chi connectivity index (χ0n) is 22.2. The predicted octanol–water partition coefficient (Wildman–Crippen LogP) is 8.66. The van der Waals surface area contributed by atoms with E-state index in [0.29, 0.717) is 18.8 Å². The van der Waals surface area contributed by atoms with Crippen molar-refractivity contribution in [1.29, 1.82) is 0 Å². The zero-order valence-corrected chi connectivity index (χ0v) is 24.6. The van der Waals surface area contributed by atoms with Gasteiger partial charge in [-0.25, -0.2) is 0 Å². The van der Waals surface area contributed by atoms with E-state index in [4.69, 9.17) is 10.2 Å². The molecule has 0 atom stereocenters. The minimum Gasteiger partial charge on any atom is -0.509 e. The molecule has 0 aromatic carbocycles. The molecule has 3 aliphatic rings. The second kappa shape index (κ2) is 13.6. The van der Waals surface area contributed by atoms with Crippen molar-refractivity contribution in [3.8, 4) is 0 Å². The minimum absolute atomic E-state index is 0. The molecule has 2 N–H and O–H groups in total. The Morgan fingerprint density at radius 3 is 0.935 bits per heavy atom. The Bertz CT molecular complexity index is 438. The summed E-state index contributed by atoms with van der Waals surface area (Å²) < 4.78 is 0. The van der Waals surface area contributed by atoms with Crippen LogP contribution in [0, 0.1) is 65.1 Å². The van der Waals surface area contributed by atoms with E-state index in [1.165, 1.54) is 0 Å². The molecule has 0 amide bonds. The maximum Gasteiger partial charge on any atom is 0.130 e. The summed E-state index contributed by atoms with van der Waals surface area (Å²) in [5.74, 6) is 10.0. The Hall–Kier alpha value is -0.0369. The molecule has 2 nitrogen and oxygen atoms in total. The number of hydrogen-bond donors (Lipinski definition) is 2. The van der Waals surface area contributed by atoms with Gasteiger partial charge >= 0.3 is 0 Å². The third-order valence-corrected chi connectivity index (χ3v) is 10.1. The summed E-state index contributed by atoms with van der Waals surface area (Å²) in [6.45, 7) is 27.6. The van der Waals surface area contributed by atoms with E-state index in [9.17, 15) is 0 Å². The summed E-state index contributed by atoms with van der Waals surface area (Å²) >= 11 is 0. The summed E-state index contributed by atoms with van der Waals surface area (Å²) in [7, 11) is 0. The molecule has 2 fully saturated rings. The van der Waals surface area contributed by atoms with E-state index in [1.54, 1.807) is 0 Å². The first kappa shape index (κ1) is 31.0. The topological polar surface area (TPSA) is 40.5 Å². The van der Waals surface area contributed by atoms with Crippen molar-refractivity contribution < 1.29 is 36.4 Å². The van der Waals surface area contributed by atoms with E-state index in [0.717, 1.165) is 65.6 Å². The van der Waals surface area contributed by atoms with E-state index in [-0.39, 0.29) is 37.7 Å². The number of hydrogen-bond acceptors (Lipinski definition) is 2. The standard InChI is InChI=1S/2C10H20.C8H12O2.Zr/c2*1-6-7(2)9(4)10(5)8(6)3;1-2-3-6-4-7(9)8(10)5-6;/h2*6-10H,1-5H3;2,6,9-10H,1,3-5H2;. The van der Waals surface area contributed by atoms with Crippen molar-refractivity contribution in [3.05, 3.63) is 24.2 Å². The number of aliphatic hydroxyl groups excluding tert-OH is 2. The fourth-order valence-electron chi connectivity index (χ4n) is 6.05. The van der Waals surface area contributed by atoms with Crippen molar-refractivity contribution in [1.82, 2.24) is 0 Å². The van der Waals surface area contributed by atoms with Crippen LogP contribution in [0.4, 0.5) is 0 Å². The zero-order chi connectivity index (χ0) is 23.3. The maximum absolute atomic E-state index is 8.99. The van der Waals surface area contributed by atoms with E-state index in [2.05, 4.69) is 75.8 Å². The van der Waals surface area contributed by atoms with Gasteiger partial charge in [0.1, 0.15) is 11.5 Å². The fraction of sp³-hybridized carbons (Fsp3) is 0.857. The van der Waals surface area contributed by atoms with Gasteiger partial charge in [-0.2, -0.15) is 0 Å². The molecule has 31 heavy (non-hydrogen) atoms. The van der Waals surface area contributed by atoms with Crippen LogP contribution in [0.5, 0.6) is 0 Å². The fourth-order valence-corrected chi connectivity index (χ4v) is 6.05. The molecular formula is C28H52O2Zr. The number of aliphatic hydroxyl groups is 2. The van der Waals surface area contributed by atoms with Gasteiger partial charge in [-0.05, 0) is 71.5 Å². The molecule has 3 rings (SSSR count). The van der Waals surface area contributed by atoms with Crippen LogP contribution in [0.3, 0.4) is 0 Å². The number of rotatable bonds is 2. The molecule has 0 spiro atoms. The van der Waals surface area contributed by atoms with Gasteiger partial charge in [0.15, 0.2) is 0 Å². The molecule has 0 aromatic rings. The van der Waals surface area contributed by atoms with Crippen LogP contribution in [-0.4, -0.2) is 10.2 Å². The third kappa shape index (κ3) is 7.76. The van der Waals surface area contributed by atoms with Gasteiger partial charge in [0, 0.05) is 39.0 Å². The molecule has 0 aromatic heterocycles. The van der Waals surface area contributed by atoms with Crippen molar-refractivity contribution in [2.45, 2.75) is 88.5 Å². The first-order valence-electron chi connectivity index (χ1n) is 12.6. The monoisotopic (exact) mass is 510 g/mol. The van der Waals surface area contributed by atoms with E-state index < -0.39 is 0 Å². The summed E-state index contributed by atoms with van der Waals surface area (Å²) in [5, 5.41) is 18.0. The summed E-state index contributed by atoms with van der Waals surface area (Å²) in [5.41, 5.74) is 0. The van der Waals surface area contributed by atoms with Gasteiger partial charge in [-0.1, -0.05) is 75.3 Å². The van der Waals surface area contributed by atoms with Crippen LogP contribution < -0.4 is 0 Å². The number of allylic oxidation sites excluding steroid dienone is 3. The third-order valence-electron chi connectivity index (χ3n) is 10.1. The minimum atomic E-state index is 0. The Balaban J connectivity index is 0.000000429. The maximum atomic E-state index is 8.99. The van der Waals surface area contributed by atoms with Crippen LogP contribution in [0.2, 0.25) is 0 Å². The predicted molar refractivity (Wildman–Crippen MR) is 131 cm³/mol. The van der Waals surface area contributed by atoms with Crippen LogP contribution in [0.25, 0.3) is 0 Å². The Morgan fingerprint density at radius 2 is 0.774 bits per heavy atom. The first-order chi connectivity index (χ1) is 13.8. The smallest absolute Gasteiger partial charge is 0.130 e. The van der Waals surface area contributed by atoms with Crippen LogP contribution >= 0.6 is 0 Å².